The third-order valence-electron chi connectivity index (χ3n) is 4.87. The molecule has 1 N–H and O–H groups in total. The molecule has 3 rings (SSSR count). The summed E-state index contributed by atoms with van der Waals surface area (Å²) in [5, 5.41) is 12.1. The fraction of sp³-hybridized carbons (Fsp3) is 0.429. The molecule has 162 valence electrons. The van der Waals surface area contributed by atoms with E-state index in [4.69, 9.17) is 0 Å². The zero-order valence-corrected chi connectivity index (χ0v) is 17.2. The first-order valence-electron chi connectivity index (χ1n) is 9.78. The van der Waals surface area contributed by atoms with Crippen LogP contribution in [0.4, 0.5) is 14.5 Å². The van der Waals surface area contributed by atoms with E-state index in [1.54, 1.807) is 0 Å². The highest BCUT2D eigenvalue weighted by Crippen LogP contribution is 2.31. The molecule has 1 aliphatic rings. The van der Waals surface area contributed by atoms with Crippen LogP contribution < -0.4 is 5.32 Å². The number of alkyl halides is 2. The summed E-state index contributed by atoms with van der Waals surface area (Å²) in [6.45, 7) is 0. The molecule has 0 saturated heterocycles. The number of carbonyl (C=O) groups excluding carboxylic acids is 2. The van der Waals surface area contributed by atoms with E-state index in [0.29, 0.717) is 17.0 Å². The van der Waals surface area contributed by atoms with Gasteiger partial charge in [-0.1, -0.05) is 0 Å². The molecule has 0 radical (unpaired) electrons. The summed E-state index contributed by atoms with van der Waals surface area (Å²) < 4.78 is 26.0. The van der Waals surface area contributed by atoms with Gasteiger partial charge in [0.25, 0.3) is 0 Å². The predicted octanol–water partition coefficient (Wildman–Crippen LogP) is 2.46. The fourth-order valence-electron chi connectivity index (χ4n) is 3.03. The topological polar surface area (TPSA) is 112 Å². The van der Waals surface area contributed by atoms with Gasteiger partial charge in [0.15, 0.2) is 5.69 Å². The number of halogens is 2. The van der Waals surface area contributed by atoms with Crippen molar-refractivity contribution < 1.29 is 18.4 Å². The highest BCUT2D eigenvalue weighted by molar-refractivity contribution is 5.85. The van der Waals surface area contributed by atoms with Gasteiger partial charge in [-0.3, -0.25) is 19.6 Å². The van der Waals surface area contributed by atoms with E-state index < -0.39 is 24.8 Å². The van der Waals surface area contributed by atoms with Crippen molar-refractivity contribution in [3.63, 3.8) is 0 Å². The molecule has 0 aromatic carbocycles. The summed E-state index contributed by atoms with van der Waals surface area (Å²) in [6.07, 6.45) is 3.09. The maximum Gasteiger partial charge on any atom is 0.244 e. The molecule has 0 bridgehead atoms. The number of ketones is 1. The Morgan fingerprint density at radius 2 is 1.97 bits per heavy atom. The van der Waals surface area contributed by atoms with Crippen LogP contribution in [0.15, 0.2) is 24.7 Å². The van der Waals surface area contributed by atoms with Crippen molar-refractivity contribution in [2.75, 3.05) is 19.4 Å². The molecule has 2 heterocycles. The number of rotatable bonds is 9. The number of nitrogens with one attached hydrogen (secondary N) is 1. The third-order valence-corrected chi connectivity index (χ3v) is 4.87. The van der Waals surface area contributed by atoms with Crippen LogP contribution >= 0.6 is 0 Å². The van der Waals surface area contributed by atoms with Gasteiger partial charge in [0.05, 0.1) is 29.7 Å². The number of aromatic nitrogens is 3. The van der Waals surface area contributed by atoms with E-state index >= 15 is 0 Å². The predicted molar refractivity (Wildman–Crippen MR) is 108 cm³/mol. The molecule has 1 fully saturated rings. The van der Waals surface area contributed by atoms with Gasteiger partial charge in [0, 0.05) is 44.4 Å². The Hall–Kier alpha value is -3.48. The Labute approximate surface area is 178 Å². The first kappa shape index (κ1) is 22.2. The van der Waals surface area contributed by atoms with Crippen LogP contribution in [-0.4, -0.2) is 58.1 Å². The molecule has 1 aliphatic carbocycles. The number of nitrogens with zero attached hydrogens (tertiary/aromatic N) is 5. The standard InChI is InChI=1S/C21H22F2N6O2/c1-29(2)21(31)16(7-20(22)23)28-15-5-13(9-26-17(15)8-24)18-11-25-14(10-27-18)6-19(30)12-3-4-12/h5,9-12,16,20,28H,3-4,6-7H2,1-2H3/t16-/m0/s1. The van der Waals surface area contributed by atoms with Crippen LogP contribution in [0.2, 0.25) is 0 Å². The molecule has 8 nitrogen and oxygen atoms in total. The Morgan fingerprint density at radius 3 is 2.52 bits per heavy atom. The summed E-state index contributed by atoms with van der Waals surface area (Å²) in [7, 11) is 2.93. The van der Waals surface area contributed by atoms with Gasteiger partial charge in [0.2, 0.25) is 12.3 Å². The molecular formula is C21H22F2N6O2. The molecule has 0 unspecified atom stereocenters. The van der Waals surface area contributed by atoms with Gasteiger partial charge < -0.3 is 10.2 Å². The summed E-state index contributed by atoms with van der Waals surface area (Å²) in [5.74, 6) is -0.243. The van der Waals surface area contributed by atoms with Crippen molar-refractivity contribution >= 4 is 17.4 Å². The van der Waals surface area contributed by atoms with E-state index in [2.05, 4.69) is 20.3 Å². The van der Waals surface area contributed by atoms with Gasteiger partial charge in [-0.15, -0.1) is 0 Å². The maximum atomic E-state index is 13.0. The monoisotopic (exact) mass is 428 g/mol. The zero-order chi connectivity index (χ0) is 22.5. The Kier molecular flexibility index (Phi) is 6.84. The Bertz CT molecular complexity index is 1000. The number of likely N-dealkylation sites (N-methyl/N-ethyl adjacent to an activating group) is 1. The van der Waals surface area contributed by atoms with Crippen molar-refractivity contribution in [1.29, 1.82) is 5.26 Å². The second-order valence-corrected chi connectivity index (χ2v) is 7.60. The zero-order valence-electron chi connectivity index (χ0n) is 17.2. The molecular weight excluding hydrogens is 406 g/mol. The molecule has 1 saturated carbocycles. The van der Waals surface area contributed by atoms with E-state index in [1.165, 1.54) is 43.7 Å². The lowest BCUT2D eigenvalue weighted by atomic mass is 10.1. The molecule has 0 aliphatic heterocycles. The highest BCUT2D eigenvalue weighted by atomic mass is 19.3. The van der Waals surface area contributed by atoms with E-state index in [9.17, 15) is 23.6 Å². The van der Waals surface area contributed by atoms with Crippen molar-refractivity contribution in [1.82, 2.24) is 19.9 Å². The second-order valence-electron chi connectivity index (χ2n) is 7.60. The van der Waals surface area contributed by atoms with E-state index in [1.807, 2.05) is 6.07 Å². The third kappa shape index (κ3) is 5.78. The number of amides is 1. The maximum absolute atomic E-state index is 13.0. The molecule has 2 aromatic rings. The Balaban J connectivity index is 1.83. The summed E-state index contributed by atoms with van der Waals surface area (Å²) in [4.78, 5) is 38.1. The lowest BCUT2D eigenvalue weighted by Crippen LogP contribution is -2.40. The molecule has 0 spiro atoms. The van der Waals surface area contributed by atoms with Crippen LogP contribution in [0.5, 0.6) is 0 Å². The smallest absolute Gasteiger partial charge is 0.244 e. The first-order valence-corrected chi connectivity index (χ1v) is 9.78. The normalized spacial score (nSPS) is 14.1. The Morgan fingerprint density at radius 1 is 1.23 bits per heavy atom. The summed E-state index contributed by atoms with van der Waals surface area (Å²) >= 11 is 0. The minimum absolute atomic E-state index is 0.0332. The van der Waals surface area contributed by atoms with E-state index in [0.717, 1.165) is 12.8 Å². The first-order chi connectivity index (χ1) is 14.8. The molecule has 1 amide bonds. The summed E-state index contributed by atoms with van der Waals surface area (Å²) in [5.41, 5.74) is 1.60. The SMILES string of the molecule is CN(C)C(=O)[C@H](CC(F)F)Nc1cc(-c2cnc(CC(=O)C3CC3)cn2)cnc1C#N. The number of nitriles is 1. The molecule has 1 atom stereocenters. The van der Waals surface area contributed by atoms with Crippen LogP contribution in [0.1, 0.15) is 30.7 Å². The quantitative estimate of drug-likeness (QED) is 0.653. The summed E-state index contributed by atoms with van der Waals surface area (Å²) in [6, 6.07) is 2.19. The van der Waals surface area contributed by atoms with Crippen molar-refractivity contribution in [2.45, 2.75) is 38.2 Å². The number of anilines is 1. The van der Waals surface area contributed by atoms with Gasteiger partial charge in [-0.2, -0.15) is 5.26 Å². The van der Waals surface area contributed by atoms with Gasteiger partial charge in [0.1, 0.15) is 17.9 Å². The van der Waals surface area contributed by atoms with Gasteiger partial charge in [-0.25, -0.2) is 13.8 Å². The van der Waals surface area contributed by atoms with Crippen LogP contribution in [0.25, 0.3) is 11.3 Å². The molecule has 10 heteroatoms. The van der Waals surface area contributed by atoms with Gasteiger partial charge in [-0.05, 0) is 18.9 Å². The van der Waals surface area contributed by atoms with Crippen molar-refractivity contribution in [3.05, 3.63) is 36.0 Å². The van der Waals surface area contributed by atoms with Crippen LogP contribution in [0, 0.1) is 17.2 Å². The fourth-order valence-corrected chi connectivity index (χ4v) is 3.03. The minimum atomic E-state index is -2.71. The van der Waals surface area contributed by atoms with Crippen molar-refractivity contribution in [2.24, 2.45) is 5.92 Å². The van der Waals surface area contributed by atoms with Crippen LogP contribution in [0.3, 0.4) is 0 Å². The number of carbonyl (C=O) groups is 2. The molecule has 31 heavy (non-hydrogen) atoms. The minimum Gasteiger partial charge on any atom is -0.371 e. The largest absolute Gasteiger partial charge is 0.371 e. The lowest BCUT2D eigenvalue weighted by molar-refractivity contribution is -0.130. The molecule has 2 aromatic heterocycles. The second kappa shape index (κ2) is 9.55. The lowest BCUT2D eigenvalue weighted by Gasteiger charge is -2.23. The van der Waals surface area contributed by atoms with Crippen molar-refractivity contribution in [3.8, 4) is 17.3 Å². The number of Topliss-reactive ketones (excluding diaryl/α,β-unsaturated/α-hetero) is 1. The highest BCUT2D eigenvalue weighted by Gasteiger charge is 2.29. The number of hydrogen-bond acceptors (Lipinski definition) is 7. The average Bonchev–Trinajstić information content (AvgIpc) is 3.58. The van der Waals surface area contributed by atoms with Crippen LogP contribution in [-0.2, 0) is 16.0 Å². The van der Waals surface area contributed by atoms with E-state index in [-0.39, 0.29) is 29.5 Å². The van der Waals surface area contributed by atoms with Gasteiger partial charge >= 0.3 is 0 Å². The number of pyridine rings is 1. The average molecular weight is 428 g/mol. The number of hydrogen-bond donors (Lipinski definition) is 1.